The van der Waals surface area contributed by atoms with Crippen molar-refractivity contribution in [1.82, 2.24) is 10.2 Å². The van der Waals surface area contributed by atoms with Crippen LogP contribution in [0.4, 0.5) is 0 Å². The molecule has 29 heavy (non-hydrogen) atoms. The molecular weight excluding hydrogens is 364 g/mol. The fraction of sp³-hybridized carbons (Fsp3) is 0.478. The highest BCUT2D eigenvalue weighted by Crippen LogP contribution is 2.24. The van der Waals surface area contributed by atoms with Gasteiger partial charge in [-0.3, -0.25) is 4.79 Å². The van der Waals surface area contributed by atoms with Crippen molar-refractivity contribution in [3.63, 3.8) is 0 Å². The number of nitrogens with zero attached hydrogens (tertiary/aromatic N) is 2. The number of amides is 1. The number of likely N-dealkylation sites (tertiary alicyclic amines) is 1. The molecule has 0 spiro atoms. The molecule has 0 unspecified atom stereocenters. The number of allylic oxidation sites excluding steroid dienone is 1. The van der Waals surface area contributed by atoms with Gasteiger partial charge in [0.2, 0.25) is 0 Å². The summed E-state index contributed by atoms with van der Waals surface area (Å²) < 4.78 is 5.25. The van der Waals surface area contributed by atoms with Crippen LogP contribution in [0.25, 0.3) is 5.57 Å². The van der Waals surface area contributed by atoms with Crippen molar-refractivity contribution in [2.45, 2.75) is 45.1 Å². The molecule has 0 bridgehead atoms. The lowest BCUT2D eigenvalue weighted by Gasteiger charge is -2.29. The molecule has 3 N–H and O–H groups in total. The molecule has 6 heteroatoms. The van der Waals surface area contributed by atoms with Crippen LogP contribution < -0.4 is 15.9 Å². The maximum absolute atomic E-state index is 12.7. The van der Waals surface area contributed by atoms with E-state index in [0.29, 0.717) is 5.57 Å². The molecule has 1 amide bonds. The third-order valence-electron chi connectivity index (χ3n) is 5.30. The van der Waals surface area contributed by atoms with Gasteiger partial charge < -0.3 is 20.8 Å². The minimum absolute atomic E-state index is 0.141. The molecule has 1 heterocycles. The van der Waals surface area contributed by atoms with Gasteiger partial charge in [-0.25, -0.2) is 0 Å². The zero-order valence-electron chi connectivity index (χ0n) is 17.9. The van der Waals surface area contributed by atoms with Gasteiger partial charge in [0.25, 0.3) is 5.91 Å². The molecule has 0 atom stereocenters. The Balaban J connectivity index is 2.22. The first-order chi connectivity index (χ1) is 14.0. The van der Waals surface area contributed by atoms with E-state index in [2.05, 4.69) is 35.9 Å². The highest BCUT2D eigenvalue weighted by atomic mass is 16.5. The van der Waals surface area contributed by atoms with Gasteiger partial charge in [0.05, 0.1) is 12.8 Å². The Morgan fingerprint density at radius 1 is 1.34 bits per heavy atom. The van der Waals surface area contributed by atoms with E-state index in [-0.39, 0.29) is 11.9 Å². The molecule has 0 saturated carbocycles. The highest BCUT2D eigenvalue weighted by molar-refractivity contribution is 6.25. The van der Waals surface area contributed by atoms with Crippen LogP contribution in [0, 0.1) is 0 Å². The lowest BCUT2D eigenvalue weighted by atomic mass is 9.95. The molecule has 0 radical (unpaired) electrons. The van der Waals surface area contributed by atoms with Crippen molar-refractivity contribution in [2.75, 3.05) is 27.2 Å². The molecule has 1 aliphatic heterocycles. The molecular formula is C23H34N4O2. The van der Waals surface area contributed by atoms with E-state index in [4.69, 9.17) is 10.6 Å². The van der Waals surface area contributed by atoms with Crippen LogP contribution in [0.2, 0.25) is 0 Å². The zero-order chi connectivity index (χ0) is 21.2. The molecule has 158 valence electrons. The van der Waals surface area contributed by atoms with E-state index in [9.17, 15) is 4.79 Å². The molecule has 2 rings (SSSR count). The SMILES string of the molecule is C=C(/C=C(\C(CCCC)=N/N)c1ccc(OC)cc1)C(=O)NC1CCN(C)CC1. The van der Waals surface area contributed by atoms with Crippen LogP contribution in [0.1, 0.15) is 44.6 Å². The predicted molar refractivity (Wildman–Crippen MR) is 120 cm³/mol. The van der Waals surface area contributed by atoms with Gasteiger partial charge in [0.15, 0.2) is 0 Å². The smallest absolute Gasteiger partial charge is 0.250 e. The number of hydrazone groups is 1. The second-order valence-electron chi connectivity index (χ2n) is 7.54. The Morgan fingerprint density at radius 3 is 2.55 bits per heavy atom. The Hall–Kier alpha value is -2.60. The van der Waals surface area contributed by atoms with Gasteiger partial charge in [0.1, 0.15) is 5.75 Å². The van der Waals surface area contributed by atoms with Gasteiger partial charge in [-0.1, -0.05) is 32.1 Å². The number of nitrogens with one attached hydrogen (secondary N) is 1. The number of carbonyl (C=O) groups is 1. The van der Waals surface area contributed by atoms with Gasteiger partial charge in [0, 0.05) is 17.2 Å². The number of hydrogen-bond acceptors (Lipinski definition) is 5. The Bertz CT molecular complexity index is 745. The van der Waals surface area contributed by atoms with Crippen LogP contribution in [-0.4, -0.2) is 49.8 Å². The van der Waals surface area contributed by atoms with Crippen LogP contribution >= 0.6 is 0 Å². The van der Waals surface area contributed by atoms with E-state index in [0.717, 1.165) is 67.8 Å². The molecule has 0 aromatic heterocycles. The normalized spacial score (nSPS) is 16.5. The summed E-state index contributed by atoms with van der Waals surface area (Å²) in [6, 6.07) is 7.86. The number of methoxy groups -OCH3 is 1. The third kappa shape index (κ3) is 6.75. The van der Waals surface area contributed by atoms with Gasteiger partial charge in [-0.15, -0.1) is 0 Å². The largest absolute Gasteiger partial charge is 0.497 e. The molecule has 1 fully saturated rings. The summed E-state index contributed by atoms with van der Waals surface area (Å²) in [5, 5.41) is 7.13. The van der Waals surface area contributed by atoms with Crippen LogP contribution in [0.5, 0.6) is 5.75 Å². The topological polar surface area (TPSA) is 80.0 Å². The van der Waals surface area contributed by atoms with Crippen molar-refractivity contribution in [3.8, 4) is 5.75 Å². The Morgan fingerprint density at radius 2 is 2.00 bits per heavy atom. The first kappa shape index (κ1) is 22.7. The standard InChI is InChI=1S/C23H34N4O2/c1-5-6-7-22(26-24)21(18-8-10-20(29-4)11-9-18)16-17(2)23(28)25-19-12-14-27(3)15-13-19/h8-11,16,19H,2,5-7,12-15,24H2,1,3-4H3,(H,25,28)/b21-16-,26-22-. The second-order valence-corrected chi connectivity index (χ2v) is 7.54. The summed E-state index contributed by atoms with van der Waals surface area (Å²) in [5.74, 6) is 6.34. The molecule has 1 saturated heterocycles. The molecule has 6 nitrogen and oxygen atoms in total. The lowest BCUT2D eigenvalue weighted by Crippen LogP contribution is -2.43. The first-order valence-electron chi connectivity index (χ1n) is 10.3. The van der Waals surface area contributed by atoms with E-state index in [1.54, 1.807) is 13.2 Å². The van der Waals surface area contributed by atoms with Gasteiger partial charge >= 0.3 is 0 Å². The van der Waals surface area contributed by atoms with E-state index in [1.807, 2.05) is 24.3 Å². The summed E-state index contributed by atoms with van der Waals surface area (Å²) in [4.78, 5) is 15.0. The molecule has 1 aromatic carbocycles. The number of benzene rings is 1. The maximum atomic E-state index is 12.7. The van der Waals surface area contributed by atoms with Crippen molar-refractivity contribution >= 4 is 17.2 Å². The summed E-state index contributed by atoms with van der Waals surface area (Å²) in [6.45, 7) is 8.12. The number of hydrogen-bond donors (Lipinski definition) is 2. The average molecular weight is 399 g/mol. The van der Waals surface area contributed by atoms with Crippen LogP contribution in [0.15, 0.2) is 47.6 Å². The van der Waals surface area contributed by atoms with Crippen LogP contribution in [-0.2, 0) is 4.79 Å². The molecule has 0 aliphatic carbocycles. The maximum Gasteiger partial charge on any atom is 0.250 e. The number of nitrogens with two attached hydrogens (primary N) is 1. The number of ether oxygens (including phenoxy) is 1. The predicted octanol–water partition coefficient (Wildman–Crippen LogP) is 3.35. The number of unbranched alkanes of at least 4 members (excludes halogenated alkanes) is 1. The summed E-state index contributed by atoms with van der Waals surface area (Å²) in [7, 11) is 3.74. The minimum atomic E-state index is -0.141. The lowest BCUT2D eigenvalue weighted by molar-refractivity contribution is -0.118. The zero-order valence-corrected chi connectivity index (χ0v) is 17.9. The summed E-state index contributed by atoms with van der Waals surface area (Å²) in [5.41, 5.74) is 2.93. The number of rotatable bonds is 9. The Kier molecular flexibility index (Phi) is 8.93. The molecule has 1 aromatic rings. The van der Waals surface area contributed by atoms with Crippen molar-refractivity contribution in [1.29, 1.82) is 0 Å². The third-order valence-corrected chi connectivity index (χ3v) is 5.30. The minimum Gasteiger partial charge on any atom is -0.497 e. The first-order valence-corrected chi connectivity index (χ1v) is 10.3. The average Bonchev–Trinajstić information content (AvgIpc) is 2.74. The number of piperidine rings is 1. The van der Waals surface area contributed by atoms with Crippen molar-refractivity contribution in [3.05, 3.63) is 48.1 Å². The van der Waals surface area contributed by atoms with E-state index in [1.165, 1.54) is 0 Å². The number of carbonyl (C=O) groups excluding carboxylic acids is 1. The fourth-order valence-electron chi connectivity index (χ4n) is 3.39. The van der Waals surface area contributed by atoms with Crippen LogP contribution in [0.3, 0.4) is 0 Å². The van der Waals surface area contributed by atoms with Gasteiger partial charge in [-0.2, -0.15) is 5.10 Å². The monoisotopic (exact) mass is 398 g/mol. The highest BCUT2D eigenvalue weighted by Gasteiger charge is 2.20. The van der Waals surface area contributed by atoms with Gasteiger partial charge in [-0.05, 0) is 69.6 Å². The van der Waals surface area contributed by atoms with E-state index >= 15 is 0 Å². The fourth-order valence-corrected chi connectivity index (χ4v) is 3.39. The van der Waals surface area contributed by atoms with E-state index < -0.39 is 0 Å². The van der Waals surface area contributed by atoms with Crippen molar-refractivity contribution in [2.24, 2.45) is 10.9 Å². The Labute approximate surface area is 174 Å². The molecule has 1 aliphatic rings. The van der Waals surface area contributed by atoms with Crippen molar-refractivity contribution < 1.29 is 9.53 Å². The quantitative estimate of drug-likeness (QED) is 0.220. The summed E-state index contributed by atoms with van der Waals surface area (Å²) in [6.07, 6.45) is 6.46. The summed E-state index contributed by atoms with van der Waals surface area (Å²) >= 11 is 0. The second kappa shape index (κ2) is 11.4.